The first-order valence-corrected chi connectivity index (χ1v) is 7.78. The van der Waals surface area contributed by atoms with Crippen LogP contribution in [0.25, 0.3) is 10.2 Å². The van der Waals surface area contributed by atoms with Crippen molar-refractivity contribution in [3.8, 4) is 0 Å². The van der Waals surface area contributed by atoms with Crippen molar-refractivity contribution in [2.24, 2.45) is 5.92 Å². The van der Waals surface area contributed by atoms with Crippen molar-refractivity contribution < 1.29 is 4.79 Å². The number of aromatic nitrogens is 2. The van der Waals surface area contributed by atoms with E-state index in [-0.39, 0.29) is 5.91 Å². The van der Waals surface area contributed by atoms with Gasteiger partial charge in [-0.25, -0.2) is 9.97 Å². The van der Waals surface area contributed by atoms with Gasteiger partial charge in [0.2, 0.25) is 5.91 Å². The number of likely N-dealkylation sites (N-methyl/N-ethyl adjacent to an activating group) is 1. The highest BCUT2D eigenvalue weighted by Gasteiger charge is 2.11. The number of nitrogens with zero attached hydrogens (tertiary/aromatic N) is 3. The van der Waals surface area contributed by atoms with Gasteiger partial charge in [0, 0.05) is 6.54 Å². The van der Waals surface area contributed by atoms with Gasteiger partial charge in [0.25, 0.3) is 0 Å². The second-order valence-electron chi connectivity index (χ2n) is 5.53. The molecule has 3 N–H and O–H groups in total. The first-order valence-electron chi connectivity index (χ1n) is 6.90. The van der Waals surface area contributed by atoms with Crippen molar-refractivity contribution in [1.29, 1.82) is 0 Å². The Kier molecular flexibility index (Phi) is 5.08. The van der Waals surface area contributed by atoms with Gasteiger partial charge in [-0.2, -0.15) is 0 Å². The van der Waals surface area contributed by atoms with Crippen molar-refractivity contribution in [1.82, 2.24) is 20.2 Å². The lowest BCUT2D eigenvalue weighted by Crippen LogP contribution is -2.36. The molecule has 0 saturated heterocycles. The zero-order valence-corrected chi connectivity index (χ0v) is 13.4. The van der Waals surface area contributed by atoms with Crippen LogP contribution < -0.4 is 11.1 Å². The molecule has 0 aliphatic carbocycles. The molecular formula is C14H21N5OS. The topological polar surface area (TPSA) is 84.1 Å². The standard InChI is InChI=1S/C14H21N5OS/c1-9(2)6-16-12(20)8-19(3)7-11-17-13(15)10-4-5-21-14(10)18-11/h4-5,9H,6-8H2,1-3H3,(H,16,20)(H2,15,17,18). The summed E-state index contributed by atoms with van der Waals surface area (Å²) in [5, 5.41) is 5.73. The van der Waals surface area contributed by atoms with E-state index >= 15 is 0 Å². The molecule has 0 radical (unpaired) electrons. The molecule has 6 nitrogen and oxygen atoms in total. The number of fused-ring (bicyclic) bond motifs is 1. The molecule has 0 fully saturated rings. The smallest absolute Gasteiger partial charge is 0.234 e. The predicted octanol–water partition coefficient (Wildman–Crippen LogP) is 1.48. The summed E-state index contributed by atoms with van der Waals surface area (Å²) in [7, 11) is 1.87. The minimum Gasteiger partial charge on any atom is -0.383 e. The van der Waals surface area contributed by atoms with Crippen LogP contribution in [0.15, 0.2) is 11.4 Å². The van der Waals surface area contributed by atoms with E-state index in [1.807, 2.05) is 23.4 Å². The molecule has 0 unspecified atom stereocenters. The van der Waals surface area contributed by atoms with Gasteiger partial charge in [0.05, 0.1) is 18.5 Å². The van der Waals surface area contributed by atoms with Crippen molar-refractivity contribution in [3.05, 3.63) is 17.3 Å². The Hall–Kier alpha value is -1.73. The van der Waals surface area contributed by atoms with Crippen LogP contribution in [0.3, 0.4) is 0 Å². The Morgan fingerprint density at radius 3 is 2.95 bits per heavy atom. The summed E-state index contributed by atoms with van der Waals surface area (Å²) >= 11 is 1.54. The lowest BCUT2D eigenvalue weighted by molar-refractivity contribution is -0.122. The molecule has 2 heterocycles. The van der Waals surface area contributed by atoms with Crippen LogP contribution in [0.5, 0.6) is 0 Å². The normalized spacial score (nSPS) is 11.5. The number of thiophene rings is 1. The number of hydrogen-bond acceptors (Lipinski definition) is 6. The van der Waals surface area contributed by atoms with E-state index < -0.39 is 0 Å². The van der Waals surface area contributed by atoms with Crippen LogP contribution in [0, 0.1) is 5.92 Å². The molecule has 0 bridgehead atoms. The number of rotatable bonds is 6. The molecule has 2 rings (SSSR count). The van der Waals surface area contributed by atoms with Crippen LogP contribution in [0.1, 0.15) is 19.7 Å². The number of nitrogens with one attached hydrogen (secondary N) is 1. The summed E-state index contributed by atoms with van der Waals surface area (Å²) in [5.41, 5.74) is 5.92. The Bertz CT molecular complexity index is 625. The van der Waals surface area contributed by atoms with Crippen molar-refractivity contribution in [2.75, 3.05) is 25.9 Å². The van der Waals surface area contributed by atoms with Crippen LogP contribution >= 0.6 is 11.3 Å². The molecule has 0 saturated carbocycles. The maximum absolute atomic E-state index is 11.8. The molecule has 0 aliphatic rings. The highest BCUT2D eigenvalue weighted by Crippen LogP contribution is 2.22. The van der Waals surface area contributed by atoms with Gasteiger partial charge in [-0.1, -0.05) is 13.8 Å². The van der Waals surface area contributed by atoms with Gasteiger partial charge in [0.15, 0.2) is 0 Å². The lowest BCUT2D eigenvalue weighted by Gasteiger charge is -2.16. The van der Waals surface area contributed by atoms with E-state index in [9.17, 15) is 4.79 Å². The molecule has 1 amide bonds. The van der Waals surface area contributed by atoms with E-state index in [4.69, 9.17) is 5.73 Å². The van der Waals surface area contributed by atoms with E-state index in [0.29, 0.717) is 37.2 Å². The van der Waals surface area contributed by atoms with Crippen LogP contribution in [0.2, 0.25) is 0 Å². The Balaban J connectivity index is 1.94. The Morgan fingerprint density at radius 2 is 2.24 bits per heavy atom. The number of carbonyl (C=O) groups is 1. The summed E-state index contributed by atoms with van der Waals surface area (Å²) in [6.45, 7) is 5.64. The van der Waals surface area contributed by atoms with E-state index in [1.165, 1.54) is 11.3 Å². The molecule has 0 atom stereocenters. The summed E-state index contributed by atoms with van der Waals surface area (Å²) in [6, 6.07) is 1.92. The molecule has 2 aromatic heterocycles. The van der Waals surface area contributed by atoms with E-state index in [0.717, 1.165) is 10.2 Å². The largest absolute Gasteiger partial charge is 0.383 e. The van der Waals surface area contributed by atoms with Crippen LogP contribution in [0.4, 0.5) is 5.82 Å². The van der Waals surface area contributed by atoms with Crippen LogP contribution in [-0.2, 0) is 11.3 Å². The zero-order chi connectivity index (χ0) is 15.4. The fourth-order valence-electron chi connectivity index (χ4n) is 1.91. The van der Waals surface area contributed by atoms with Gasteiger partial charge in [-0.15, -0.1) is 11.3 Å². The molecule has 2 aromatic rings. The van der Waals surface area contributed by atoms with Crippen molar-refractivity contribution in [3.63, 3.8) is 0 Å². The van der Waals surface area contributed by atoms with Gasteiger partial charge in [-0.05, 0) is 24.4 Å². The molecule has 7 heteroatoms. The number of amides is 1. The van der Waals surface area contributed by atoms with Gasteiger partial charge in [0.1, 0.15) is 16.5 Å². The lowest BCUT2D eigenvalue weighted by atomic mass is 10.2. The third-order valence-corrected chi connectivity index (χ3v) is 3.74. The number of hydrogen-bond donors (Lipinski definition) is 2. The Labute approximate surface area is 128 Å². The maximum Gasteiger partial charge on any atom is 0.234 e. The summed E-state index contributed by atoms with van der Waals surface area (Å²) in [5.74, 6) is 1.59. The Morgan fingerprint density at radius 1 is 1.48 bits per heavy atom. The van der Waals surface area contributed by atoms with Crippen molar-refractivity contribution >= 4 is 33.3 Å². The minimum absolute atomic E-state index is 0.0105. The highest BCUT2D eigenvalue weighted by molar-refractivity contribution is 7.16. The predicted molar refractivity (Wildman–Crippen MR) is 86.0 cm³/mol. The first-order chi connectivity index (χ1) is 9.95. The fourth-order valence-corrected chi connectivity index (χ4v) is 2.70. The maximum atomic E-state index is 11.8. The quantitative estimate of drug-likeness (QED) is 0.844. The average molecular weight is 307 g/mol. The number of nitrogens with two attached hydrogens (primary N) is 1. The molecule has 0 spiro atoms. The van der Waals surface area contributed by atoms with E-state index in [1.54, 1.807) is 0 Å². The third kappa shape index (κ3) is 4.37. The first kappa shape index (κ1) is 15.7. The second kappa shape index (κ2) is 6.82. The number of carbonyl (C=O) groups excluding carboxylic acids is 1. The fraction of sp³-hybridized carbons (Fsp3) is 0.500. The van der Waals surface area contributed by atoms with Crippen molar-refractivity contribution in [2.45, 2.75) is 20.4 Å². The number of anilines is 1. The molecule has 0 aliphatic heterocycles. The SMILES string of the molecule is CC(C)CNC(=O)CN(C)Cc1nc(N)c2ccsc2n1. The molecule has 0 aromatic carbocycles. The minimum atomic E-state index is 0.0105. The average Bonchev–Trinajstić information content (AvgIpc) is 2.84. The summed E-state index contributed by atoms with van der Waals surface area (Å²) in [4.78, 5) is 23.3. The van der Waals surface area contributed by atoms with E-state index in [2.05, 4.69) is 29.1 Å². The van der Waals surface area contributed by atoms with Gasteiger partial charge >= 0.3 is 0 Å². The third-order valence-electron chi connectivity index (χ3n) is 2.93. The zero-order valence-electron chi connectivity index (χ0n) is 12.6. The highest BCUT2D eigenvalue weighted by atomic mass is 32.1. The summed E-state index contributed by atoms with van der Waals surface area (Å²) in [6.07, 6.45) is 0. The monoisotopic (exact) mass is 307 g/mol. The summed E-state index contributed by atoms with van der Waals surface area (Å²) < 4.78 is 0. The molecule has 114 valence electrons. The second-order valence-corrected chi connectivity index (χ2v) is 6.43. The van der Waals surface area contributed by atoms with Crippen LogP contribution in [-0.4, -0.2) is 40.9 Å². The number of nitrogen functional groups attached to an aromatic ring is 1. The molecular weight excluding hydrogens is 286 g/mol. The molecule has 21 heavy (non-hydrogen) atoms. The van der Waals surface area contributed by atoms with Gasteiger partial charge in [-0.3, -0.25) is 9.69 Å². The van der Waals surface area contributed by atoms with Gasteiger partial charge < -0.3 is 11.1 Å².